The van der Waals surface area contributed by atoms with Crippen LogP contribution >= 0.6 is 0 Å². The maximum absolute atomic E-state index is 12.0. The summed E-state index contributed by atoms with van der Waals surface area (Å²) in [6, 6.07) is -0.348. The van der Waals surface area contributed by atoms with Crippen molar-refractivity contribution in [3.05, 3.63) is 0 Å². The van der Waals surface area contributed by atoms with Gasteiger partial charge in [0.15, 0.2) is 0 Å². The minimum Gasteiger partial charge on any atom is -0.481 e. The highest BCUT2D eigenvalue weighted by atomic mass is 16.4. The average molecular weight is 267 g/mol. The number of carbonyl (C=O) groups excluding carboxylic acids is 2. The number of rotatable bonds is 3. The third-order valence-electron chi connectivity index (χ3n) is 3.57. The monoisotopic (exact) mass is 267 g/mol. The number of amides is 2. The molecule has 2 unspecified atom stereocenters. The molecule has 0 aromatic carbocycles. The molecule has 7 heteroatoms. The van der Waals surface area contributed by atoms with Crippen LogP contribution in [-0.4, -0.2) is 34.6 Å². The van der Waals surface area contributed by atoms with E-state index in [1.165, 1.54) is 0 Å². The van der Waals surface area contributed by atoms with Crippen molar-refractivity contribution in [3.8, 4) is 0 Å². The number of nitrogens with one attached hydrogen (secondary N) is 2. The number of carboxylic acids is 1. The van der Waals surface area contributed by atoms with Crippen molar-refractivity contribution in [1.29, 1.82) is 0 Å². The Hall–Kier alpha value is -1.92. The van der Waals surface area contributed by atoms with Crippen molar-refractivity contribution < 1.29 is 19.5 Å². The molecular weight excluding hydrogens is 250 g/mol. The number of carboxylic acid groups (broad SMARTS) is 1. The van der Waals surface area contributed by atoms with Gasteiger partial charge in [-0.3, -0.25) is 14.4 Å². The first-order chi connectivity index (χ1) is 9.08. The zero-order valence-electron chi connectivity index (χ0n) is 10.5. The Bertz CT molecular complexity index is 433. The summed E-state index contributed by atoms with van der Waals surface area (Å²) in [6.45, 7) is 0. The Morgan fingerprint density at radius 1 is 1.26 bits per heavy atom. The van der Waals surface area contributed by atoms with Gasteiger partial charge < -0.3 is 10.4 Å². The number of nitrogens with zero attached hydrogens (tertiary/aromatic N) is 1. The van der Waals surface area contributed by atoms with E-state index in [4.69, 9.17) is 5.11 Å². The van der Waals surface area contributed by atoms with Gasteiger partial charge in [-0.1, -0.05) is 12.8 Å². The minimum atomic E-state index is -0.871. The van der Waals surface area contributed by atoms with Gasteiger partial charge in [-0.2, -0.15) is 5.10 Å². The van der Waals surface area contributed by atoms with E-state index >= 15 is 0 Å². The fourth-order valence-corrected chi connectivity index (χ4v) is 2.49. The maximum atomic E-state index is 12.0. The number of carbonyl (C=O) groups is 3. The van der Waals surface area contributed by atoms with E-state index in [2.05, 4.69) is 15.8 Å². The summed E-state index contributed by atoms with van der Waals surface area (Å²) in [5.41, 5.74) is 2.51. The second-order valence-corrected chi connectivity index (χ2v) is 4.90. The van der Waals surface area contributed by atoms with Gasteiger partial charge >= 0.3 is 5.97 Å². The summed E-state index contributed by atoms with van der Waals surface area (Å²) in [4.78, 5) is 34.0. The Kier molecular flexibility index (Phi) is 4.13. The van der Waals surface area contributed by atoms with E-state index in [9.17, 15) is 14.4 Å². The molecular formula is C12H17N3O4. The van der Waals surface area contributed by atoms with Crippen molar-refractivity contribution in [2.24, 2.45) is 11.0 Å². The second kappa shape index (κ2) is 5.81. The van der Waals surface area contributed by atoms with E-state index < -0.39 is 11.9 Å². The van der Waals surface area contributed by atoms with Crippen molar-refractivity contribution in [3.63, 3.8) is 0 Å². The molecule has 19 heavy (non-hydrogen) atoms. The molecule has 1 saturated carbocycles. The molecule has 2 atom stereocenters. The lowest BCUT2D eigenvalue weighted by atomic mass is 9.84. The van der Waals surface area contributed by atoms with Crippen LogP contribution in [0.25, 0.3) is 0 Å². The normalized spacial score (nSPS) is 27.2. The van der Waals surface area contributed by atoms with Crippen molar-refractivity contribution in [2.45, 2.75) is 44.6 Å². The van der Waals surface area contributed by atoms with E-state index in [-0.39, 0.29) is 30.0 Å². The molecule has 2 rings (SSSR count). The molecule has 0 bridgehead atoms. The third-order valence-corrected chi connectivity index (χ3v) is 3.57. The van der Waals surface area contributed by atoms with E-state index in [1.54, 1.807) is 0 Å². The number of hydrazone groups is 1. The van der Waals surface area contributed by atoms with Gasteiger partial charge in [-0.05, 0) is 12.8 Å². The van der Waals surface area contributed by atoms with Gasteiger partial charge in [-0.15, -0.1) is 0 Å². The highest BCUT2D eigenvalue weighted by molar-refractivity contribution is 6.39. The lowest BCUT2D eigenvalue weighted by Gasteiger charge is -2.29. The fraction of sp³-hybridized carbons (Fsp3) is 0.667. The van der Waals surface area contributed by atoms with Gasteiger partial charge in [0, 0.05) is 18.9 Å². The average Bonchev–Trinajstić information content (AvgIpc) is 2.39. The molecule has 1 fully saturated rings. The molecule has 1 aliphatic carbocycles. The van der Waals surface area contributed by atoms with E-state index in [1.807, 2.05) is 0 Å². The summed E-state index contributed by atoms with van der Waals surface area (Å²) in [5, 5.41) is 15.6. The molecule has 0 radical (unpaired) electrons. The standard InChI is InChI=1S/C12H17N3O4/c16-10-6-5-9(14-15-10)11(17)13-8-4-2-1-3-7(8)12(18)19/h7-8H,1-6H2,(H,13,17)(H,15,16)(H,18,19). The smallest absolute Gasteiger partial charge is 0.308 e. The predicted molar refractivity (Wildman–Crippen MR) is 66.3 cm³/mol. The summed E-state index contributed by atoms with van der Waals surface area (Å²) in [5.74, 6) is -1.99. The van der Waals surface area contributed by atoms with Crippen LogP contribution in [0, 0.1) is 5.92 Å². The van der Waals surface area contributed by atoms with Crippen LogP contribution in [0.2, 0.25) is 0 Å². The van der Waals surface area contributed by atoms with Gasteiger partial charge in [0.2, 0.25) is 5.91 Å². The number of hydrogen-bond donors (Lipinski definition) is 3. The molecule has 2 aliphatic rings. The number of aliphatic carboxylic acids is 1. The molecule has 2 amide bonds. The summed E-state index contributed by atoms with van der Waals surface area (Å²) < 4.78 is 0. The summed E-state index contributed by atoms with van der Waals surface area (Å²) in [7, 11) is 0. The molecule has 1 aliphatic heterocycles. The Labute approximate surface area is 110 Å². The summed E-state index contributed by atoms with van der Waals surface area (Å²) >= 11 is 0. The third kappa shape index (κ3) is 3.30. The van der Waals surface area contributed by atoms with E-state index in [0.29, 0.717) is 19.3 Å². The second-order valence-electron chi connectivity index (χ2n) is 4.90. The van der Waals surface area contributed by atoms with Crippen LogP contribution in [0.5, 0.6) is 0 Å². The highest BCUT2D eigenvalue weighted by Gasteiger charge is 2.32. The molecule has 0 saturated heterocycles. The summed E-state index contributed by atoms with van der Waals surface area (Å²) in [6.07, 6.45) is 3.57. The van der Waals surface area contributed by atoms with Crippen LogP contribution in [0.4, 0.5) is 0 Å². The molecule has 1 heterocycles. The maximum Gasteiger partial charge on any atom is 0.308 e. The number of hydrogen-bond acceptors (Lipinski definition) is 4. The molecule has 0 aromatic rings. The highest BCUT2D eigenvalue weighted by Crippen LogP contribution is 2.24. The minimum absolute atomic E-state index is 0.211. The molecule has 0 spiro atoms. The van der Waals surface area contributed by atoms with Crippen molar-refractivity contribution in [1.82, 2.24) is 10.7 Å². The van der Waals surface area contributed by atoms with Gasteiger partial charge in [0.05, 0.1) is 5.92 Å². The Balaban J connectivity index is 1.97. The predicted octanol–water partition coefficient (Wildman–Crippen LogP) is 0.0120. The SMILES string of the molecule is O=C1CCC(C(=O)NC2CCCCC2C(=O)O)=NN1. The quantitative estimate of drug-likeness (QED) is 0.669. The van der Waals surface area contributed by atoms with Crippen LogP contribution in [0.1, 0.15) is 38.5 Å². The first kappa shape index (κ1) is 13.5. The van der Waals surface area contributed by atoms with Gasteiger partial charge in [-0.25, -0.2) is 5.43 Å². The Morgan fingerprint density at radius 2 is 2.00 bits per heavy atom. The van der Waals surface area contributed by atoms with Gasteiger partial charge in [0.25, 0.3) is 5.91 Å². The van der Waals surface area contributed by atoms with Crippen LogP contribution in [0.3, 0.4) is 0 Å². The Morgan fingerprint density at radius 3 is 2.63 bits per heavy atom. The van der Waals surface area contributed by atoms with Crippen LogP contribution < -0.4 is 10.7 Å². The first-order valence-corrected chi connectivity index (χ1v) is 6.47. The van der Waals surface area contributed by atoms with Crippen LogP contribution in [0.15, 0.2) is 5.10 Å². The van der Waals surface area contributed by atoms with E-state index in [0.717, 1.165) is 12.8 Å². The zero-order chi connectivity index (χ0) is 13.8. The largest absolute Gasteiger partial charge is 0.481 e. The molecule has 104 valence electrons. The van der Waals surface area contributed by atoms with Crippen LogP contribution in [-0.2, 0) is 14.4 Å². The topological polar surface area (TPSA) is 108 Å². The van der Waals surface area contributed by atoms with Gasteiger partial charge in [0.1, 0.15) is 5.71 Å². The van der Waals surface area contributed by atoms with Crippen molar-refractivity contribution in [2.75, 3.05) is 0 Å². The van der Waals surface area contributed by atoms with Crippen molar-refractivity contribution >= 4 is 23.5 Å². The first-order valence-electron chi connectivity index (χ1n) is 6.47. The lowest BCUT2D eigenvalue weighted by molar-refractivity contribution is -0.144. The fourth-order valence-electron chi connectivity index (χ4n) is 2.49. The zero-order valence-corrected chi connectivity index (χ0v) is 10.5. The molecule has 0 aromatic heterocycles. The lowest BCUT2D eigenvalue weighted by Crippen LogP contribution is -2.48. The molecule has 3 N–H and O–H groups in total. The molecule has 7 nitrogen and oxygen atoms in total.